The third-order valence-electron chi connectivity index (χ3n) is 10.1. The van der Waals surface area contributed by atoms with E-state index in [2.05, 4.69) is 33.8 Å². The first-order valence-corrected chi connectivity index (χ1v) is 18.0. The molecule has 5 heteroatoms. The predicted molar refractivity (Wildman–Crippen MR) is 193 cm³/mol. The van der Waals surface area contributed by atoms with Crippen molar-refractivity contribution in [3.63, 3.8) is 0 Å². The summed E-state index contributed by atoms with van der Waals surface area (Å²) in [5, 5.41) is 0. The maximum Gasteiger partial charge on any atom is 0.177 e. The van der Waals surface area contributed by atoms with Gasteiger partial charge in [-0.25, -0.2) is 0 Å². The van der Waals surface area contributed by atoms with Crippen LogP contribution in [0.5, 0.6) is 0 Å². The number of hydrogen-bond donors (Lipinski definition) is 0. The molecule has 48 heavy (non-hydrogen) atoms. The number of Topliss-reactive ketones (excluding diaryl/α,β-unsaturated/α-hetero) is 4. The van der Waals surface area contributed by atoms with Gasteiger partial charge in [0.05, 0.1) is 32.1 Å². The van der Waals surface area contributed by atoms with E-state index >= 15 is 0 Å². The minimum absolute atomic E-state index is 0.0408. The number of carbonyl (C=O) groups excluding carboxylic acids is 4. The first-order valence-electron chi connectivity index (χ1n) is 18.0. The van der Waals surface area contributed by atoms with Gasteiger partial charge in [0.15, 0.2) is 23.1 Å². The monoisotopic (exact) mass is 643 g/mol. The number of allylic oxidation sites excluding steroid dienone is 4. The molecule has 0 aliphatic heterocycles. The summed E-state index contributed by atoms with van der Waals surface area (Å²) in [5.41, 5.74) is 3.62. The highest BCUT2D eigenvalue weighted by Crippen LogP contribution is 2.46. The first kappa shape index (κ1) is 35.1. The average Bonchev–Trinajstić information content (AvgIpc) is 3.70. The molecular weight excluding hydrogens is 594 g/mol. The number of quaternary nitrogens is 1. The Hall–Kier alpha value is -4.22. The van der Waals surface area contributed by atoms with Crippen LogP contribution in [0, 0.1) is 12.0 Å². The molecule has 3 aromatic carbocycles. The largest absolute Gasteiger partial charge is 0.324 e. The Morgan fingerprint density at radius 3 is 1.25 bits per heavy atom. The molecule has 0 atom stereocenters. The fourth-order valence-electron chi connectivity index (χ4n) is 7.36. The van der Waals surface area contributed by atoms with Crippen molar-refractivity contribution in [2.75, 3.05) is 26.2 Å². The number of nitrogens with zero attached hydrogens (tertiary/aromatic N) is 1. The maximum absolute atomic E-state index is 13.1. The van der Waals surface area contributed by atoms with Crippen molar-refractivity contribution in [2.45, 2.75) is 79.1 Å². The van der Waals surface area contributed by atoms with Crippen LogP contribution in [0.15, 0.2) is 78.4 Å². The van der Waals surface area contributed by atoms with Gasteiger partial charge >= 0.3 is 0 Å². The van der Waals surface area contributed by atoms with E-state index in [0.29, 0.717) is 44.5 Å². The molecule has 0 saturated carbocycles. The molecule has 3 aliphatic rings. The molecule has 0 bridgehead atoms. The van der Waals surface area contributed by atoms with Crippen molar-refractivity contribution in [3.8, 4) is 0 Å². The molecular formula is C43H49NO4. The molecule has 0 spiro atoms. The first-order chi connectivity index (χ1) is 23.3. The average molecular weight is 644 g/mol. The topological polar surface area (TPSA) is 68.3 Å². The van der Waals surface area contributed by atoms with E-state index in [4.69, 9.17) is 0 Å². The highest BCUT2D eigenvalue weighted by molar-refractivity contribution is 6.43. The lowest BCUT2D eigenvalue weighted by molar-refractivity contribution is -0.929. The van der Waals surface area contributed by atoms with Crippen molar-refractivity contribution in [3.05, 3.63) is 118 Å². The molecule has 3 aromatic rings. The minimum atomic E-state index is -1.02. The maximum atomic E-state index is 13.1. The molecule has 0 unspecified atom stereocenters. The van der Waals surface area contributed by atoms with E-state index in [-0.39, 0.29) is 28.7 Å². The van der Waals surface area contributed by atoms with E-state index < -0.39 is 5.92 Å². The van der Waals surface area contributed by atoms with Crippen molar-refractivity contribution in [1.82, 2.24) is 0 Å². The number of carbonyl (C=O) groups is 4. The van der Waals surface area contributed by atoms with Gasteiger partial charge < -0.3 is 4.48 Å². The Kier molecular flexibility index (Phi) is 11.5. The van der Waals surface area contributed by atoms with Crippen molar-refractivity contribution < 1.29 is 23.7 Å². The lowest BCUT2D eigenvalue weighted by Gasteiger charge is -2.39. The van der Waals surface area contributed by atoms with Gasteiger partial charge in [0.1, 0.15) is 0 Å². The Labute approximate surface area is 286 Å². The SMILES string of the molecule is CCCC[N+](CCCC)(CCCC)CCCC.O=C1C(=C2[C-]=C(C3C(=O)c4ccccc4C3=O)c3ccccc32)C(=O)c2ccccc21. The number of unbranched alkanes of at least 4 members (excludes halogenated alkanes) is 4. The lowest BCUT2D eigenvalue weighted by atomic mass is 9.90. The van der Waals surface area contributed by atoms with Gasteiger partial charge in [0, 0.05) is 22.3 Å². The summed E-state index contributed by atoms with van der Waals surface area (Å²) >= 11 is 0. The molecule has 0 N–H and O–H groups in total. The van der Waals surface area contributed by atoms with Crippen molar-refractivity contribution >= 4 is 34.3 Å². The molecule has 5 nitrogen and oxygen atoms in total. The molecule has 0 radical (unpaired) electrons. The van der Waals surface area contributed by atoms with Crippen LogP contribution in [0.3, 0.4) is 0 Å². The van der Waals surface area contributed by atoms with Crippen LogP contribution < -0.4 is 0 Å². The minimum Gasteiger partial charge on any atom is -0.324 e. The molecule has 0 aromatic heterocycles. The van der Waals surface area contributed by atoms with Crippen LogP contribution in [0.1, 0.15) is 132 Å². The van der Waals surface area contributed by atoms with Gasteiger partial charge in [-0.2, -0.15) is 0 Å². The van der Waals surface area contributed by atoms with Crippen LogP contribution in [0.25, 0.3) is 11.1 Å². The Bertz CT molecular complexity index is 1650. The third-order valence-corrected chi connectivity index (χ3v) is 10.1. The van der Waals surface area contributed by atoms with E-state index in [9.17, 15) is 19.2 Å². The van der Waals surface area contributed by atoms with Gasteiger partial charge in [-0.3, -0.25) is 19.2 Å². The van der Waals surface area contributed by atoms with Crippen LogP contribution >= 0.6 is 0 Å². The second-order valence-corrected chi connectivity index (χ2v) is 13.4. The van der Waals surface area contributed by atoms with E-state index in [0.717, 1.165) is 0 Å². The Morgan fingerprint density at radius 1 is 0.500 bits per heavy atom. The van der Waals surface area contributed by atoms with Crippen molar-refractivity contribution in [2.24, 2.45) is 5.92 Å². The molecule has 6 rings (SSSR count). The third kappa shape index (κ3) is 6.84. The highest BCUT2D eigenvalue weighted by Gasteiger charge is 2.41. The summed E-state index contributed by atoms with van der Waals surface area (Å²) in [6.45, 7) is 15.0. The van der Waals surface area contributed by atoms with Crippen LogP contribution in [0.2, 0.25) is 0 Å². The Morgan fingerprint density at radius 2 is 0.854 bits per heavy atom. The zero-order valence-electron chi connectivity index (χ0n) is 29.1. The molecule has 0 fully saturated rings. The fourth-order valence-corrected chi connectivity index (χ4v) is 7.36. The normalized spacial score (nSPS) is 15.4. The summed E-state index contributed by atoms with van der Waals surface area (Å²) in [6, 6.07) is 20.7. The zero-order valence-corrected chi connectivity index (χ0v) is 29.1. The molecule has 0 amide bonds. The highest BCUT2D eigenvalue weighted by atomic mass is 16.2. The number of hydrogen-bond acceptors (Lipinski definition) is 4. The number of benzene rings is 3. The number of fused-ring (bicyclic) bond motifs is 3. The molecule has 0 heterocycles. The van der Waals surface area contributed by atoms with Crippen LogP contribution in [-0.4, -0.2) is 53.8 Å². The summed E-state index contributed by atoms with van der Waals surface area (Å²) in [7, 11) is 0. The van der Waals surface area contributed by atoms with Gasteiger partial charge in [-0.05, 0) is 31.3 Å². The lowest BCUT2D eigenvalue weighted by Crippen LogP contribution is -2.50. The van der Waals surface area contributed by atoms with Crippen LogP contribution in [-0.2, 0) is 0 Å². The summed E-state index contributed by atoms with van der Waals surface area (Å²) in [4.78, 5) is 52.4. The molecule has 3 aliphatic carbocycles. The number of ketones is 4. The summed E-state index contributed by atoms with van der Waals surface area (Å²) < 4.78 is 1.42. The number of rotatable bonds is 13. The summed E-state index contributed by atoms with van der Waals surface area (Å²) in [6.07, 6.45) is 14.2. The molecule has 0 saturated heterocycles. The quantitative estimate of drug-likeness (QED) is 0.0612. The second kappa shape index (κ2) is 15.8. The fraction of sp³-hybridized carbons (Fsp3) is 0.395. The molecule has 250 valence electrons. The summed E-state index contributed by atoms with van der Waals surface area (Å²) in [5.74, 6) is -2.29. The van der Waals surface area contributed by atoms with Gasteiger partial charge in [-0.1, -0.05) is 114 Å². The second-order valence-electron chi connectivity index (χ2n) is 13.4. The van der Waals surface area contributed by atoms with Crippen LogP contribution in [0.4, 0.5) is 0 Å². The zero-order chi connectivity index (χ0) is 34.3. The predicted octanol–water partition coefficient (Wildman–Crippen LogP) is 9.42. The van der Waals surface area contributed by atoms with E-state index in [1.807, 2.05) is 0 Å². The van der Waals surface area contributed by atoms with E-state index in [1.54, 1.807) is 72.8 Å². The van der Waals surface area contributed by atoms with Gasteiger partial charge in [0.25, 0.3) is 0 Å². The Balaban J connectivity index is 0.000000228. The van der Waals surface area contributed by atoms with Crippen molar-refractivity contribution in [1.29, 1.82) is 0 Å². The van der Waals surface area contributed by atoms with E-state index in [1.165, 1.54) is 82.0 Å². The van der Waals surface area contributed by atoms with Gasteiger partial charge in [-0.15, -0.1) is 40.5 Å². The van der Waals surface area contributed by atoms with Gasteiger partial charge in [0.2, 0.25) is 0 Å². The smallest absolute Gasteiger partial charge is 0.177 e. The standard InChI is InChI=1S/C27H13O4.C16H36N/c28-24-16-9-3-4-10-17(16)25(29)22(24)20-13-21(15-8-2-1-7-14(15)20)23-26(30)18-11-5-6-12-19(18)27(23)31;1-5-9-13-17(14-10-6-2,15-11-7-3)16-12-8-4/h1-12,22H;5-16H2,1-4H3/q-1;+1.